The number of quaternary nitrogens is 2. The van der Waals surface area contributed by atoms with Gasteiger partial charge in [-0.15, -0.1) is 0 Å². The number of carbonyl (C=O) groups is 4. The minimum Gasteiger partial charge on any atom is -0.324 e. The van der Waals surface area contributed by atoms with Crippen molar-refractivity contribution in [3.8, 4) is 0 Å². The fourth-order valence-corrected chi connectivity index (χ4v) is 6.33. The molecule has 8 heteroatoms. The monoisotopic (exact) mass is 420 g/mol. The molecule has 0 aromatic rings. The largest absolute Gasteiger partial charge is 0.324 e. The van der Waals surface area contributed by atoms with E-state index in [9.17, 15) is 19.2 Å². The molecule has 4 rings (SSSR count). The molecule has 4 aliphatic rings. The second-order valence-electron chi connectivity index (χ2n) is 9.46. The third kappa shape index (κ3) is 3.80. The van der Waals surface area contributed by atoms with Crippen LogP contribution in [0, 0.1) is 11.8 Å². The van der Waals surface area contributed by atoms with Crippen LogP contribution in [-0.4, -0.2) is 84.8 Å². The summed E-state index contributed by atoms with van der Waals surface area (Å²) in [5, 5.41) is 0. The van der Waals surface area contributed by atoms with Crippen LogP contribution in [0.2, 0.25) is 0 Å². The van der Waals surface area contributed by atoms with E-state index in [1.807, 2.05) is 13.8 Å². The number of hydrogen-bond acceptors (Lipinski definition) is 4. The van der Waals surface area contributed by atoms with Crippen LogP contribution in [0.25, 0.3) is 0 Å². The number of hydrogen-bond donors (Lipinski definition) is 2. The number of nitrogens with zero attached hydrogens (tertiary/aromatic N) is 2. The van der Waals surface area contributed by atoms with Gasteiger partial charge in [0.25, 0.3) is 11.8 Å². The molecule has 4 amide bonds. The van der Waals surface area contributed by atoms with Gasteiger partial charge in [0.05, 0.1) is 39.0 Å². The summed E-state index contributed by atoms with van der Waals surface area (Å²) in [7, 11) is 0. The van der Waals surface area contributed by atoms with E-state index in [-0.39, 0.29) is 35.7 Å². The molecule has 0 aromatic carbocycles. The Morgan fingerprint density at radius 3 is 1.27 bits per heavy atom. The minimum atomic E-state index is -0.169. The third-order valence-electron chi connectivity index (χ3n) is 8.12. The highest BCUT2D eigenvalue weighted by Gasteiger charge is 2.47. The first-order valence-corrected chi connectivity index (χ1v) is 11.8. The summed E-state index contributed by atoms with van der Waals surface area (Å²) >= 11 is 0. The lowest BCUT2D eigenvalue weighted by Crippen LogP contribution is -3.18. The van der Waals surface area contributed by atoms with Gasteiger partial charge < -0.3 is 9.80 Å². The predicted molar refractivity (Wildman–Crippen MR) is 108 cm³/mol. The maximum atomic E-state index is 12.5. The van der Waals surface area contributed by atoms with Crippen LogP contribution in [-0.2, 0) is 19.2 Å². The summed E-state index contributed by atoms with van der Waals surface area (Å²) in [5.74, 6) is 1.36. The molecule has 0 spiro atoms. The Morgan fingerprint density at radius 1 is 0.667 bits per heavy atom. The lowest BCUT2D eigenvalue weighted by Gasteiger charge is -2.39. The number of likely N-dealkylation sites (tertiary alicyclic amines) is 4. The van der Waals surface area contributed by atoms with Crippen LogP contribution in [0.4, 0.5) is 0 Å². The van der Waals surface area contributed by atoms with E-state index in [2.05, 4.69) is 0 Å². The average molecular weight is 421 g/mol. The maximum Gasteiger partial charge on any atom is 0.287 e. The first-order chi connectivity index (χ1) is 14.4. The first-order valence-electron chi connectivity index (χ1n) is 11.8. The molecule has 0 radical (unpaired) electrons. The van der Waals surface area contributed by atoms with E-state index in [1.54, 1.807) is 0 Å². The van der Waals surface area contributed by atoms with Crippen LogP contribution >= 0.6 is 0 Å². The van der Waals surface area contributed by atoms with Gasteiger partial charge in [-0.05, 0) is 51.4 Å². The summed E-state index contributed by atoms with van der Waals surface area (Å²) in [6.07, 6.45) is 5.20. The highest BCUT2D eigenvalue weighted by molar-refractivity contribution is 6.05. The van der Waals surface area contributed by atoms with E-state index in [0.29, 0.717) is 37.8 Å². The van der Waals surface area contributed by atoms with Crippen molar-refractivity contribution in [2.45, 2.75) is 64.5 Å². The molecule has 4 heterocycles. The number of rotatable bonds is 5. The van der Waals surface area contributed by atoms with Crippen molar-refractivity contribution in [1.82, 2.24) is 9.80 Å². The number of nitrogens with one attached hydrogen (secondary N) is 2. The number of amides is 4. The maximum absolute atomic E-state index is 12.5. The van der Waals surface area contributed by atoms with Gasteiger partial charge in [0.2, 0.25) is 11.8 Å². The molecule has 0 aromatic heterocycles. The average Bonchev–Trinajstić information content (AvgIpc) is 3.22. The number of carbonyl (C=O) groups excluding carboxylic acids is 4. The summed E-state index contributed by atoms with van der Waals surface area (Å²) in [4.78, 5) is 54.5. The minimum absolute atomic E-state index is 0.0148. The van der Waals surface area contributed by atoms with Crippen molar-refractivity contribution in [2.24, 2.45) is 11.8 Å². The van der Waals surface area contributed by atoms with E-state index >= 15 is 0 Å². The Kier molecular flexibility index (Phi) is 6.25. The third-order valence-corrected chi connectivity index (χ3v) is 8.12. The van der Waals surface area contributed by atoms with Gasteiger partial charge in [0.1, 0.15) is 0 Å². The summed E-state index contributed by atoms with van der Waals surface area (Å²) < 4.78 is 0. The standard InChI is InChI=1S/C22H34N4O4/c1-3-25-19(27)13-17(21(25)29)23-9-5-15(6-10-23)16-7-11-24(12-8-16)18-14-20(28)26(4-2)22(18)30/h15-18H,3-14H2,1-2H3/p+2/t17-,18-/m1/s1. The van der Waals surface area contributed by atoms with E-state index in [0.717, 1.165) is 51.9 Å². The highest BCUT2D eigenvalue weighted by Crippen LogP contribution is 2.28. The Labute approximate surface area is 178 Å². The number of piperidine rings is 2. The second-order valence-corrected chi connectivity index (χ2v) is 9.46. The van der Waals surface area contributed by atoms with Crippen molar-refractivity contribution in [3.63, 3.8) is 0 Å². The molecule has 4 fully saturated rings. The Hall–Kier alpha value is -1.80. The fraction of sp³-hybridized carbons (Fsp3) is 0.818. The predicted octanol–water partition coefficient (Wildman–Crippen LogP) is -2.13. The van der Waals surface area contributed by atoms with Crippen molar-refractivity contribution in [2.75, 3.05) is 39.3 Å². The molecule has 0 bridgehead atoms. The zero-order valence-electron chi connectivity index (χ0n) is 18.3. The van der Waals surface area contributed by atoms with Crippen LogP contribution < -0.4 is 9.80 Å². The number of likely N-dealkylation sites (N-methyl/N-ethyl adjacent to an activating group) is 2. The lowest BCUT2D eigenvalue weighted by molar-refractivity contribution is -0.924. The molecule has 4 aliphatic heterocycles. The van der Waals surface area contributed by atoms with Crippen LogP contribution in [0.15, 0.2) is 0 Å². The molecule has 8 nitrogen and oxygen atoms in total. The molecule has 0 unspecified atom stereocenters. The molecule has 2 N–H and O–H groups in total. The van der Waals surface area contributed by atoms with Crippen molar-refractivity contribution >= 4 is 23.6 Å². The zero-order chi connectivity index (χ0) is 21.4. The Bertz CT molecular complexity index is 650. The van der Waals surface area contributed by atoms with Crippen LogP contribution in [0.3, 0.4) is 0 Å². The van der Waals surface area contributed by atoms with Gasteiger partial charge in [-0.2, -0.15) is 0 Å². The van der Waals surface area contributed by atoms with Gasteiger partial charge in [0.15, 0.2) is 12.1 Å². The van der Waals surface area contributed by atoms with E-state index in [1.165, 1.54) is 19.6 Å². The number of imide groups is 2. The zero-order valence-corrected chi connectivity index (χ0v) is 18.3. The van der Waals surface area contributed by atoms with Gasteiger partial charge in [-0.3, -0.25) is 29.0 Å². The second kappa shape index (κ2) is 8.75. The summed E-state index contributed by atoms with van der Waals surface area (Å²) in [6.45, 7) is 8.58. The Morgan fingerprint density at radius 2 is 1.00 bits per heavy atom. The lowest BCUT2D eigenvalue weighted by atomic mass is 9.78. The van der Waals surface area contributed by atoms with E-state index in [4.69, 9.17) is 0 Å². The molecule has 0 saturated carbocycles. The van der Waals surface area contributed by atoms with Crippen molar-refractivity contribution in [1.29, 1.82) is 0 Å². The molecular formula is C22H36N4O4+2. The quantitative estimate of drug-likeness (QED) is 0.498. The smallest absolute Gasteiger partial charge is 0.287 e. The van der Waals surface area contributed by atoms with Crippen molar-refractivity contribution < 1.29 is 29.0 Å². The fourth-order valence-electron chi connectivity index (χ4n) is 6.33. The topological polar surface area (TPSA) is 83.6 Å². The van der Waals surface area contributed by atoms with Gasteiger partial charge in [0, 0.05) is 13.1 Å². The molecular weight excluding hydrogens is 384 g/mol. The first kappa shape index (κ1) is 21.4. The molecule has 0 aliphatic carbocycles. The summed E-state index contributed by atoms with van der Waals surface area (Å²) in [5.41, 5.74) is 0. The van der Waals surface area contributed by atoms with Crippen LogP contribution in [0.5, 0.6) is 0 Å². The van der Waals surface area contributed by atoms with Gasteiger partial charge >= 0.3 is 0 Å². The van der Waals surface area contributed by atoms with Gasteiger partial charge in [-0.25, -0.2) is 0 Å². The molecule has 30 heavy (non-hydrogen) atoms. The Balaban J connectivity index is 1.25. The van der Waals surface area contributed by atoms with E-state index < -0.39 is 0 Å². The molecule has 4 saturated heterocycles. The summed E-state index contributed by atoms with van der Waals surface area (Å²) in [6, 6.07) is -0.339. The van der Waals surface area contributed by atoms with Gasteiger partial charge in [-0.1, -0.05) is 0 Å². The SMILES string of the molecule is CCN1C(=O)C[C@@H]([NH+]2CCC(C3CC[NH+]([C@@H]4CC(=O)N(CC)C4=O)CC3)CC2)C1=O. The van der Waals surface area contributed by atoms with Crippen LogP contribution in [0.1, 0.15) is 52.4 Å². The van der Waals surface area contributed by atoms with Crippen molar-refractivity contribution in [3.05, 3.63) is 0 Å². The molecule has 166 valence electrons. The normalized spacial score (nSPS) is 38.1. The molecule has 2 atom stereocenters. The highest BCUT2D eigenvalue weighted by atomic mass is 16.2.